The number of aryl methyl sites for hydroxylation is 1. The predicted molar refractivity (Wildman–Crippen MR) is 98.7 cm³/mol. The third kappa shape index (κ3) is 3.83. The molecule has 1 aromatic carbocycles. The Balaban J connectivity index is 1.91. The minimum atomic E-state index is -0.305. The largest absolute Gasteiger partial charge is 0.436 e. The number of aromatic nitrogens is 1. The first-order valence-electron chi connectivity index (χ1n) is 8.42. The highest BCUT2D eigenvalue weighted by Crippen LogP contribution is 2.38. The second kappa shape index (κ2) is 7.53. The SMILES string of the molecule is Cc1ccc2c(c1)N(CC(=O)NCCN(C)C)C(=O)c1cccnc1O2. The van der Waals surface area contributed by atoms with Crippen molar-refractivity contribution >= 4 is 17.5 Å². The highest BCUT2D eigenvalue weighted by molar-refractivity contribution is 6.11. The predicted octanol–water partition coefficient (Wildman–Crippen LogP) is 1.82. The van der Waals surface area contributed by atoms with Crippen molar-refractivity contribution in [3.05, 3.63) is 47.7 Å². The van der Waals surface area contributed by atoms with E-state index < -0.39 is 0 Å². The van der Waals surface area contributed by atoms with Crippen LogP contribution in [0.5, 0.6) is 11.6 Å². The Morgan fingerprint density at radius 1 is 1.31 bits per heavy atom. The van der Waals surface area contributed by atoms with E-state index >= 15 is 0 Å². The van der Waals surface area contributed by atoms with Gasteiger partial charge in [0.25, 0.3) is 5.91 Å². The molecule has 0 saturated carbocycles. The van der Waals surface area contributed by atoms with Crippen molar-refractivity contribution in [2.24, 2.45) is 0 Å². The molecule has 26 heavy (non-hydrogen) atoms. The van der Waals surface area contributed by atoms with Gasteiger partial charge in [-0.2, -0.15) is 0 Å². The summed E-state index contributed by atoms with van der Waals surface area (Å²) in [6.45, 7) is 3.09. The normalized spacial score (nSPS) is 12.9. The molecule has 0 fully saturated rings. The number of anilines is 1. The maximum Gasteiger partial charge on any atom is 0.264 e. The number of carbonyl (C=O) groups is 2. The van der Waals surface area contributed by atoms with Gasteiger partial charge < -0.3 is 15.0 Å². The van der Waals surface area contributed by atoms with Crippen LogP contribution in [0, 0.1) is 6.92 Å². The van der Waals surface area contributed by atoms with Gasteiger partial charge in [0.15, 0.2) is 5.75 Å². The molecule has 7 heteroatoms. The molecule has 0 atom stereocenters. The van der Waals surface area contributed by atoms with Crippen molar-refractivity contribution in [2.45, 2.75) is 6.92 Å². The van der Waals surface area contributed by atoms with E-state index in [0.29, 0.717) is 23.5 Å². The Labute approximate surface area is 152 Å². The van der Waals surface area contributed by atoms with Gasteiger partial charge in [-0.3, -0.25) is 14.5 Å². The van der Waals surface area contributed by atoms with Gasteiger partial charge in [-0.1, -0.05) is 6.07 Å². The highest BCUT2D eigenvalue weighted by Gasteiger charge is 2.30. The zero-order valence-corrected chi connectivity index (χ0v) is 15.2. The molecule has 1 N–H and O–H groups in total. The maximum absolute atomic E-state index is 13.0. The van der Waals surface area contributed by atoms with Crippen molar-refractivity contribution in [3.63, 3.8) is 0 Å². The summed E-state index contributed by atoms with van der Waals surface area (Å²) in [4.78, 5) is 33.0. The van der Waals surface area contributed by atoms with Crippen LogP contribution in [0.4, 0.5) is 5.69 Å². The van der Waals surface area contributed by atoms with E-state index in [1.165, 1.54) is 4.90 Å². The highest BCUT2D eigenvalue weighted by atomic mass is 16.5. The van der Waals surface area contributed by atoms with Gasteiger partial charge in [-0.25, -0.2) is 4.98 Å². The van der Waals surface area contributed by atoms with Crippen LogP contribution in [0.2, 0.25) is 0 Å². The number of rotatable bonds is 5. The Morgan fingerprint density at radius 2 is 2.12 bits per heavy atom. The first-order chi connectivity index (χ1) is 12.5. The van der Waals surface area contributed by atoms with Gasteiger partial charge in [0.2, 0.25) is 11.8 Å². The van der Waals surface area contributed by atoms with Crippen molar-refractivity contribution in [3.8, 4) is 11.6 Å². The minimum absolute atomic E-state index is 0.0829. The van der Waals surface area contributed by atoms with Crippen LogP contribution in [0.15, 0.2) is 36.5 Å². The Morgan fingerprint density at radius 3 is 2.88 bits per heavy atom. The number of nitrogens with zero attached hydrogens (tertiary/aromatic N) is 3. The molecule has 1 aliphatic rings. The average molecular weight is 354 g/mol. The Hall–Kier alpha value is -2.93. The minimum Gasteiger partial charge on any atom is -0.436 e. The first-order valence-corrected chi connectivity index (χ1v) is 8.42. The molecule has 3 rings (SSSR count). The van der Waals surface area contributed by atoms with E-state index in [1.807, 2.05) is 38.1 Å². The molecule has 0 saturated heterocycles. The fourth-order valence-corrected chi connectivity index (χ4v) is 2.69. The van der Waals surface area contributed by atoms with Crippen LogP contribution in [0.1, 0.15) is 15.9 Å². The Kier molecular flexibility index (Phi) is 5.18. The molecule has 2 heterocycles. The van der Waals surface area contributed by atoms with Gasteiger partial charge in [0.1, 0.15) is 12.1 Å². The van der Waals surface area contributed by atoms with Crippen molar-refractivity contribution < 1.29 is 14.3 Å². The van der Waals surface area contributed by atoms with E-state index in [-0.39, 0.29) is 24.2 Å². The van der Waals surface area contributed by atoms with Gasteiger partial charge in [-0.05, 0) is 50.8 Å². The molecule has 0 spiro atoms. The number of benzene rings is 1. The van der Waals surface area contributed by atoms with E-state index in [0.717, 1.165) is 12.1 Å². The number of nitrogens with one attached hydrogen (secondary N) is 1. The van der Waals surface area contributed by atoms with Crippen LogP contribution >= 0.6 is 0 Å². The zero-order chi connectivity index (χ0) is 18.7. The second-order valence-corrected chi connectivity index (χ2v) is 6.47. The summed E-state index contributed by atoms with van der Waals surface area (Å²) < 4.78 is 5.84. The lowest BCUT2D eigenvalue weighted by molar-refractivity contribution is -0.119. The molecule has 0 unspecified atom stereocenters. The Bertz CT molecular complexity index is 835. The summed E-state index contributed by atoms with van der Waals surface area (Å²) in [7, 11) is 3.87. The van der Waals surface area contributed by atoms with Crippen LogP contribution in [0.25, 0.3) is 0 Å². The van der Waals surface area contributed by atoms with E-state index in [4.69, 9.17) is 4.74 Å². The first kappa shape index (κ1) is 17.9. The van der Waals surface area contributed by atoms with Gasteiger partial charge in [0.05, 0.1) is 5.69 Å². The van der Waals surface area contributed by atoms with Crippen LogP contribution in [0.3, 0.4) is 0 Å². The topological polar surface area (TPSA) is 74.8 Å². The van der Waals surface area contributed by atoms with Crippen LogP contribution in [-0.2, 0) is 4.79 Å². The lowest BCUT2D eigenvalue weighted by Crippen LogP contribution is -2.42. The summed E-state index contributed by atoms with van der Waals surface area (Å²) in [6, 6.07) is 8.86. The third-order valence-corrected chi connectivity index (χ3v) is 4.04. The number of carbonyl (C=O) groups excluding carboxylic acids is 2. The van der Waals surface area contributed by atoms with E-state index in [2.05, 4.69) is 10.3 Å². The van der Waals surface area contributed by atoms with Crippen LogP contribution in [-0.4, -0.2) is 55.4 Å². The molecule has 2 amide bonds. The number of hydrogen-bond acceptors (Lipinski definition) is 5. The van der Waals surface area contributed by atoms with E-state index in [9.17, 15) is 9.59 Å². The molecule has 1 aliphatic heterocycles. The number of pyridine rings is 1. The monoisotopic (exact) mass is 354 g/mol. The molecule has 136 valence electrons. The lowest BCUT2D eigenvalue weighted by Gasteiger charge is -2.22. The number of fused-ring (bicyclic) bond motifs is 2. The van der Waals surface area contributed by atoms with E-state index in [1.54, 1.807) is 24.4 Å². The lowest BCUT2D eigenvalue weighted by atomic mass is 10.1. The summed E-state index contributed by atoms with van der Waals surface area (Å²) in [5, 5.41) is 2.84. The van der Waals surface area contributed by atoms with Gasteiger partial charge in [-0.15, -0.1) is 0 Å². The van der Waals surface area contributed by atoms with Crippen molar-refractivity contribution in [1.29, 1.82) is 0 Å². The number of likely N-dealkylation sites (N-methyl/N-ethyl adjacent to an activating group) is 1. The molecule has 0 radical (unpaired) electrons. The number of hydrogen-bond donors (Lipinski definition) is 1. The summed E-state index contributed by atoms with van der Waals surface area (Å²) >= 11 is 0. The fourth-order valence-electron chi connectivity index (χ4n) is 2.69. The second-order valence-electron chi connectivity index (χ2n) is 6.47. The molecule has 2 aromatic rings. The summed E-state index contributed by atoms with van der Waals surface area (Å²) in [5.74, 6) is 0.223. The standard InChI is InChI=1S/C19H22N4O3/c1-13-6-7-16-15(11-13)23(12-17(24)20-9-10-22(2)3)19(25)14-5-4-8-21-18(14)26-16/h4-8,11H,9-10,12H2,1-3H3,(H,20,24). The summed E-state index contributed by atoms with van der Waals surface area (Å²) in [6.07, 6.45) is 1.57. The zero-order valence-electron chi connectivity index (χ0n) is 15.2. The average Bonchev–Trinajstić information content (AvgIpc) is 2.71. The molecular weight excluding hydrogens is 332 g/mol. The molecule has 0 aliphatic carbocycles. The quantitative estimate of drug-likeness (QED) is 0.887. The molecule has 7 nitrogen and oxygen atoms in total. The maximum atomic E-state index is 13.0. The smallest absolute Gasteiger partial charge is 0.264 e. The molecule has 1 aromatic heterocycles. The van der Waals surface area contributed by atoms with Crippen molar-refractivity contribution in [2.75, 3.05) is 38.6 Å². The van der Waals surface area contributed by atoms with Gasteiger partial charge in [0, 0.05) is 19.3 Å². The van der Waals surface area contributed by atoms with Gasteiger partial charge >= 0.3 is 0 Å². The number of amides is 2. The molecular formula is C19H22N4O3. The van der Waals surface area contributed by atoms with Crippen molar-refractivity contribution in [1.82, 2.24) is 15.2 Å². The third-order valence-electron chi connectivity index (χ3n) is 4.04. The van der Waals surface area contributed by atoms with Crippen LogP contribution < -0.4 is 15.0 Å². The fraction of sp³-hybridized carbons (Fsp3) is 0.316. The number of ether oxygens (including phenoxy) is 1. The summed E-state index contributed by atoms with van der Waals surface area (Å²) in [5.41, 5.74) is 1.87. The molecule has 0 bridgehead atoms.